The molecule has 7 nitrogen and oxygen atoms in total. The molecule has 266 valence electrons. The molecular weight excluding hydrogens is 683 g/mol. The summed E-state index contributed by atoms with van der Waals surface area (Å²) in [5.41, 5.74) is 6.23. The van der Waals surface area contributed by atoms with Crippen molar-refractivity contribution >= 4 is 24.8 Å². The molecule has 0 radical (unpaired) electrons. The Balaban J connectivity index is 1.17. The van der Waals surface area contributed by atoms with E-state index in [1.165, 1.54) is 18.1 Å². The molecule has 6 aromatic rings. The summed E-state index contributed by atoms with van der Waals surface area (Å²) in [4.78, 5) is 24.6. The van der Waals surface area contributed by atoms with Crippen molar-refractivity contribution in [3.05, 3.63) is 173 Å². The van der Waals surface area contributed by atoms with Crippen molar-refractivity contribution in [3.8, 4) is 34.1 Å². The molecule has 0 fully saturated rings. The molecule has 0 aliphatic carbocycles. The van der Waals surface area contributed by atoms with Crippen molar-refractivity contribution in [1.82, 2.24) is 0 Å². The number of aryl methyl sites for hydroxylation is 1. The molecular formula is C45H39O7P. The fourth-order valence-corrected chi connectivity index (χ4v) is 9.88. The van der Waals surface area contributed by atoms with E-state index >= 15 is 4.57 Å². The van der Waals surface area contributed by atoms with Gasteiger partial charge in [0.2, 0.25) is 0 Å². The van der Waals surface area contributed by atoms with Gasteiger partial charge in [-0.15, -0.1) is 0 Å². The van der Waals surface area contributed by atoms with Gasteiger partial charge in [-0.2, -0.15) is 0 Å². The summed E-state index contributed by atoms with van der Waals surface area (Å²) >= 11 is 0. The molecule has 2 unspecified atom stereocenters. The van der Waals surface area contributed by atoms with Crippen LogP contribution in [0.25, 0.3) is 11.1 Å². The number of carbonyl (C=O) groups excluding carboxylic acids is 2. The van der Waals surface area contributed by atoms with Gasteiger partial charge in [-0.1, -0.05) is 116 Å². The minimum Gasteiger partial charge on any atom is -0.438 e. The number of hydrogen-bond acceptors (Lipinski definition) is 7. The van der Waals surface area contributed by atoms with Gasteiger partial charge in [0.1, 0.15) is 28.2 Å². The normalized spacial score (nSPS) is 15.9. The highest BCUT2D eigenvalue weighted by molar-refractivity contribution is 7.69. The molecule has 0 saturated carbocycles. The average molecular weight is 723 g/mol. The average Bonchev–Trinajstić information content (AvgIpc) is 3.15. The van der Waals surface area contributed by atoms with E-state index in [2.05, 4.69) is 45.0 Å². The van der Waals surface area contributed by atoms with Gasteiger partial charge < -0.3 is 18.7 Å². The Kier molecular flexibility index (Phi) is 9.31. The summed E-state index contributed by atoms with van der Waals surface area (Å²) in [6.07, 6.45) is -0.888. The second-order valence-corrected chi connectivity index (χ2v) is 16.5. The molecule has 2 atom stereocenters. The second-order valence-electron chi connectivity index (χ2n) is 13.8. The van der Waals surface area contributed by atoms with Gasteiger partial charge in [-0.3, -0.25) is 9.36 Å². The first-order valence-electron chi connectivity index (χ1n) is 17.3. The molecule has 0 saturated heterocycles. The molecule has 1 aliphatic heterocycles. The first-order chi connectivity index (χ1) is 25.4. The number of carbonyl (C=O) groups is 2. The molecule has 1 heterocycles. The minimum absolute atomic E-state index is 0.244. The van der Waals surface area contributed by atoms with Crippen LogP contribution in [0.3, 0.4) is 0 Å². The maximum Gasteiger partial charge on any atom is 0.519 e. The molecule has 0 amide bonds. The SMILES string of the molecule is CC(=O)Oc1ccc(C(C)(c2ccc(OC(=O)Oc3ccc(C(C)(C)c4ccc(C)cc4)cc3)cc2)P2(=O)Oc3ccccc3-c3ccccc32)cc1. The van der Waals surface area contributed by atoms with E-state index in [-0.39, 0.29) is 11.2 Å². The van der Waals surface area contributed by atoms with Crippen molar-refractivity contribution in [3.63, 3.8) is 0 Å². The zero-order valence-electron chi connectivity index (χ0n) is 30.2. The Morgan fingerprint density at radius 2 is 0.981 bits per heavy atom. The molecule has 0 bridgehead atoms. The highest BCUT2D eigenvalue weighted by atomic mass is 31.2. The molecule has 0 spiro atoms. The summed E-state index contributed by atoms with van der Waals surface area (Å²) < 4.78 is 38.8. The van der Waals surface area contributed by atoms with Crippen LogP contribution in [0.5, 0.6) is 23.0 Å². The third kappa shape index (κ3) is 6.65. The summed E-state index contributed by atoms with van der Waals surface area (Å²) in [6.45, 7) is 9.60. The minimum atomic E-state index is -3.81. The van der Waals surface area contributed by atoms with Crippen LogP contribution < -0.4 is 24.0 Å². The van der Waals surface area contributed by atoms with Gasteiger partial charge in [-0.25, -0.2) is 4.79 Å². The fourth-order valence-electron chi connectivity index (χ4n) is 6.90. The van der Waals surface area contributed by atoms with Crippen molar-refractivity contribution in [2.75, 3.05) is 0 Å². The van der Waals surface area contributed by atoms with Crippen LogP contribution in [-0.2, 0) is 19.9 Å². The number of ether oxygens (including phenoxy) is 3. The van der Waals surface area contributed by atoms with E-state index in [9.17, 15) is 9.59 Å². The number of benzene rings is 6. The lowest BCUT2D eigenvalue weighted by molar-refractivity contribution is -0.131. The number of rotatable bonds is 8. The van der Waals surface area contributed by atoms with Crippen molar-refractivity contribution in [2.45, 2.75) is 45.2 Å². The smallest absolute Gasteiger partial charge is 0.438 e. The van der Waals surface area contributed by atoms with Gasteiger partial charge in [0, 0.05) is 17.9 Å². The lowest BCUT2D eigenvalue weighted by atomic mass is 9.78. The highest BCUT2D eigenvalue weighted by Gasteiger charge is 2.53. The number of hydrogen-bond donors (Lipinski definition) is 0. The summed E-state index contributed by atoms with van der Waals surface area (Å²) in [7, 11) is -3.81. The summed E-state index contributed by atoms with van der Waals surface area (Å²) in [5.74, 6) is 1.04. The van der Waals surface area contributed by atoms with Gasteiger partial charge in [0.05, 0.1) is 5.30 Å². The van der Waals surface area contributed by atoms with Crippen LogP contribution in [0.1, 0.15) is 55.5 Å². The summed E-state index contributed by atoms with van der Waals surface area (Å²) in [5, 5.41) is -0.652. The van der Waals surface area contributed by atoms with Gasteiger partial charge in [-0.05, 0) is 90.2 Å². The lowest BCUT2D eigenvalue weighted by Crippen LogP contribution is -2.34. The van der Waals surface area contributed by atoms with Crippen molar-refractivity contribution in [2.24, 2.45) is 0 Å². The maximum atomic E-state index is 15.7. The van der Waals surface area contributed by atoms with E-state index in [4.69, 9.17) is 18.7 Å². The quantitative estimate of drug-likeness (QED) is 0.0669. The number of para-hydroxylation sites is 1. The maximum absolute atomic E-state index is 15.7. The zero-order chi connectivity index (χ0) is 37.4. The highest BCUT2D eigenvalue weighted by Crippen LogP contribution is 2.69. The third-order valence-corrected chi connectivity index (χ3v) is 13.2. The van der Waals surface area contributed by atoms with E-state index in [1.807, 2.05) is 67.6 Å². The van der Waals surface area contributed by atoms with E-state index in [1.54, 1.807) is 60.7 Å². The fraction of sp³-hybridized carbons (Fsp3) is 0.156. The Morgan fingerprint density at radius 1 is 0.547 bits per heavy atom. The monoisotopic (exact) mass is 722 g/mol. The standard InChI is InChI=1S/C45H39O7P/c1-30-14-16-32(17-15-30)44(3,4)33-18-24-37(25-19-33)50-43(47)51-38-28-22-35(23-29-38)45(5,34-20-26-36(27-21-34)49-31(2)46)53(48)42-13-9-7-11-40(42)39-10-6-8-12-41(39)52-53/h6-29H,1-5H3. The molecule has 1 aliphatic rings. The van der Waals surface area contributed by atoms with Gasteiger partial charge in [0.25, 0.3) is 7.37 Å². The van der Waals surface area contributed by atoms with Crippen molar-refractivity contribution in [1.29, 1.82) is 0 Å². The van der Waals surface area contributed by atoms with Crippen LogP contribution in [0.15, 0.2) is 146 Å². The first-order valence-corrected chi connectivity index (χ1v) is 19.0. The van der Waals surface area contributed by atoms with Crippen LogP contribution in [-0.4, -0.2) is 12.1 Å². The summed E-state index contributed by atoms with van der Waals surface area (Å²) in [6, 6.07) is 44.8. The second kappa shape index (κ2) is 13.9. The van der Waals surface area contributed by atoms with Crippen LogP contribution >= 0.6 is 7.37 Å². The predicted octanol–water partition coefficient (Wildman–Crippen LogP) is 10.8. The lowest BCUT2D eigenvalue weighted by Gasteiger charge is -2.41. The van der Waals surface area contributed by atoms with Crippen LogP contribution in [0.2, 0.25) is 0 Å². The first kappa shape index (κ1) is 35.5. The van der Waals surface area contributed by atoms with E-state index in [0.29, 0.717) is 33.7 Å². The Labute approximate surface area is 309 Å². The van der Waals surface area contributed by atoms with Crippen LogP contribution in [0.4, 0.5) is 4.79 Å². The topological polar surface area (TPSA) is 88.1 Å². The molecule has 7 rings (SSSR count). The largest absolute Gasteiger partial charge is 0.519 e. The zero-order valence-corrected chi connectivity index (χ0v) is 31.1. The number of esters is 1. The Hall–Kier alpha value is -5.91. The number of fused-ring (bicyclic) bond motifs is 3. The van der Waals surface area contributed by atoms with Gasteiger partial charge >= 0.3 is 12.1 Å². The van der Waals surface area contributed by atoms with Crippen molar-refractivity contribution < 1.29 is 32.9 Å². The molecule has 53 heavy (non-hydrogen) atoms. The molecule has 6 aromatic carbocycles. The van der Waals surface area contributed by atoms with Crippen LogP contribution in [0, 0.1) is 6.92 Å². The van der Waals surface area contributed by atoms with E-state index in [0.717, 1.165) is 16.7 Å². The molecule has 8 heteroatoms. The third-order valence-electron chi connectivity index (χ3n) is 10.1. The Bertz CT molecular complexity index is 2350. The predicted molar refractivity (Wildman–Crippen MR) is 207 cm³/mol. The Morgan fingerprint density at radius 3 is 1.51 bits per heavy atom. The van der Waals surface area contributed by atoms with Gasteiger partial charge in [0.15, 0.2) is 0 Å². The molecule has 0 N–H and O–H groups in total. The van der Waals surface area contributed by atoms with E-state index < -0.39 is 24.6 Å². The molecule has 0 aromatic heterocycles.